The minimum atomic E-state index is -0.910. The number of hydrogen-bond acceptors (Lipinski definition) is 2. The highest BCUT2D eigenvalue weighted by Gasteiger charge is 2.29. The second-order valence-corrected chi connectivity index (χ2v) is 2.82. The van der Waals surface area contributed by atoms with Crippen molar-refractivity contribution in [2.75, 3.05) is 13.1 Å². The molecule has 1 rings (SSSR count). The van der Waals surface area contributed by atoms with Gasteiger partial charge in [-0.3, -0.25) is 9.59 Å². The van der Waals surface area contributed by atoms with Crippen molar-refractivity contribution in [2.45, 2.75) is 13.3 Å². The summed E-state index contributed by atoms with van der Waals surface area (Å²) in [6.07, 6.45) is -0.0602. The predicted octanol–water partition coefficient (Wildman–Crippen LogP) is -0.0606. The molecular formula is C7H11NO3. The number of nitrogens with zero attached hydrogens (tertiary/aromatic N) is 1. The first-order valence-electron chi connectivity index (χ1n) is 3.62. The molecule has 1 N–H and O–H groups in total. The van der Waals surface area contributed by atoms with Gasteiger partial charge in [0.25, 0.3) is 0 Å². The molecule has 1 unspecified atom stereocenters. The van der Waals surface area contributed by atoms with Crippen LogP contribution in [-0.4, -0.2) is 35.0 Å². The van der Waals surface area contributed by atoms with Gasteiger partial charge >= 0.3 is 5.97 Å². The van der Waals surface area contributed by atoms with Gasteiger partial charge in [0, 0.05) is 19.0 Å². The molecule has 0 bridgehead atoms. The fourth-order valence-corrected chi connectivity index (χ4v) is 0.931. The van der Waals surface area contributed by atoms with Crippen molar-refractivity contribution in [1.82, 2.24) is 4.90 Å². The summed E-state index contributed by atoms with van der Waals surface area (Å²) in [7, 11) is 0. The van der Waals surface area contributed by atoms with Crippen LogP contribution in [0.2, 0.25) is 0 Å². The topological polar surface area (TPSA) is 57.4 Å². The number of carboxylic acids is 1. The molecule has 4 nitrogen and oxygen atoms in total. The van der Waals surface area contributed by atoms with Gasteiger partial charge in [0.1, 0.15) is 0 Å². The van der Waals surface area contributed by atoms with E-state index in [-0.39, 0.29) is 18.2 Å². The molecule has 1 saturated heterocycles. The number of carbonyl (C=O) groups excluding carboxylic acids is 1. The van der Waals surface area contributed by atoms with Crippen molar-refractivity contribution in [3.63, 3.8) is 0 Å². The number of amides is 1. The summed E-state index contributed by atoms with van der Waals surface area (Å²) >= 11 is 0. The molecule has 0 aromatic carbocycles. The van der Waals surface area contributed by atoms with Gasteiger partial charge in [-0.15, -0.1) is 0 Å². The molecule has 1 amide bonds. The smallest absolute Gasteiger partial charge is 0.304 e. The Bertz CT molecular complexity index is 186. The number of rotatable bonds is 3. The highest BCUT2D eigenvalue weighted by atomic mass is 16.4. The second-order valence-electron chi connectivity index (χ2n) is 2.82. The third-order valence-corrected chi connectivity index (χ3v) is 1.66. The maximum absolute atomic E-state index is 11.1. The lowest BCUT2D eigenvalue weighted by Gasteiger charge is -2.06. The molecule has 62 valence electrons. The Morgan fingerprint density at radius 2 is 2.09 bits per heavy atom. The SMILES string of the molecule is CC(CC(=O)O)C(=O)N1CC1. The van der Waals surface area contributed by atoms with Crippen molar-refractivity contribution in [2.24, 2.45) is 5.92 Å². The van der Waals surface area contributed by atoms with Crippen molar-refractivity contribution in [1.29, 1.82) is 0 Å². The molecule has 0 saturated carbocycles. The molecule has 11 heavy (non-hydrogen) atoms. The first-order chi connectivity index (χ1) is 5.11. The average molecular weight is 157 g/mol. The van der Waals surface area contributed by atoms with Crippen LogP contribution >= 0.6 is 0 Å². The van der Waals surface area contributed by atoms with E-state index in [1.54, 1.807) is 11.8 Å². The van der Waals surface area contributed by atoms with Crippen molar-refractivity contribution < 1.29 is 14.7 Å². The van der Waals surface area contributed by atoms with Crippen LogP contribution in [0.1, 0.15) is 13.3 Å². The lowest BCUT2D eigenvalue weighted by Crippen LogP contribution is -2.21. The summed E-state index contributed by atoms with van der Waals surface area (Å²) in [6.45, 7) is 3.24. The van der Waals surface area contributed by atoms with Crippen LogP contribution in [0.15, 0.2) is 0 Å². The van der Waals surface area contributed by atoms with Gasteiger partial charge < -0.3 is 10.0 Å². The Morgan fingerprint density at radius 1 is 1.55 bits per heavy atom. The summed E-state index contributed by atoms with van der Waals surface area (Å²) in [5, 5.41) is 8.36. The molecule has 1 aliphatic rings. The van der Waals surface area contributed by atoms with Crippen molar-refractivity contribution in [3.05, 3.63) is 0 Å². The first kappa shape index (κ1) is 8.04. The summed E-state index contributed by atoms with van der Waals surface area (Å²) in [5.41, 5.74) is 0. The van der Waals surface area contributed by atoms with Crippen LogP contribution < -0.4 is 0 Å². The third kappa shape index (κ3) is 2.22. The molecule has 1 atom stereocenters. The molecule has 0 spiro atoms. The Morgan fingerprint density at radius 3 is 2.45 bits per heavy atom. The minimum absolute atomic E-state index is 0.0348. The van der Waals surface area contributed by atoms with Gasteiger partial charge in [-0.05, 0) is 0 Å². The van der Waals surface area contributed by atoms with Crippen molar-refractivity contribution >= 4 is 11.9 Å². The molecule has 1 fully saturated rings. The van der Waals surface area contributed by atoms with Gasteiger partial charge in [-0.1, -0.05) is 6.92 Å². The maximum Gasteiger partial charge on any atom is 0.304 e. The predicted molar refractivity (Wildman–Crippen MR) is 38.0 cm³/mol. The van der Waals surface area contributed by atoms with Gasteiger partial charge in [-0.2, -0.15) is 0 Å². The van der Waals surface area contributed by atoms with E-state index >= 15 is 0 Å². The Kier molecular flexibility index (Phi) is 2.12. The van der Waals surface area contributed by atoms with Gasteiger partial charge in [0.05, 0.1) is 6.42 Å². The quantitative estimate of drug-likeness (QED) is 0.584. The minimum Gasteiger partial charge on any atom is -0.481 e. The second kappa shape index (κ2) is 2.90. The maximum atomic E-state index is 11.1. The highest BCUT2D eigenvalue weighted by molar-refractivity contribution is 5.84. The Hall–Kier alpha value is -1.06. The molecule has 0 aromatic heterocycles. The largest absolute Gasteiger partial charge is 0.481 e. The highest BCUT2D eigenvalue weighted by Crippen LogP contribution is 2.13. The lowest BCUT2D eigenvalue weighted by molar-refractivity contribution is -0.142. The van der Waals surface area contributed by atoms with Crippen LogP contribution in [0.5, 0.6) is 0 Å². The van der Waals surface area contributed by atoms with Crippen LogP contribution in [0, 0.1) is 5.92 Å². The molecule has 1 heterocycles. The van der Waals surface area contributed by atoms with E-state index in [1.807, 2.05) is 0 Å². The fraction of sp³-hybridized carbons (Fsp3) is 0.714. The zero-order valence-corrected chi connectivity index (χ0v) is 6.41. The molecule has 1 aliphatic heterocycles. The van der Waals surface area contributed by atoms with E-state index in [0.717, 1.165) is 13.1 Å². The summed E-state index contributed by atoms with van der Waals surface area (Å²) in [4.78, 5) is 22.9. The average Bonchev–Trinajstić information content (AvgIpc) is 2.65. The summed E-state index contributed by atoms with van der Waals surface area (Å²) in [6, 6.07) is 0. The van der Waals surface area contributed by atoms with Gasteiger partial charge in [0.2, 0.25) is 5.91 Å². The van der Waals surface area contributed by atoms with Crippen molar-refractivity contribution in [3.8, 4) is 0 Å². The third-order valence-electron chi connectivity index (χ3n) is 1.66. The fourth-order valence-electron chi connectivity index (χ4n) is 0.931. The monoisotopic (exact) mass is 157 g/mol. The van der Waals surface area contributed by atoms with Crippen LogP contribution in [-0.2, 0) is 9.59 Å². The van der Waals surface area contributed by atoms with E-state index in [9.17, 15) is 9.59 Å². The van der Waals surface area contributed by atoms with Crippen LogP contribution in [0.3, 0.4) is 0 Å². The standard InChI is InChI=1S/C7H11NO3/c1-5(4-6(9)10)7(11)8-2-3-8/h5H,2-4H2,1H3,(H,9,10). The van der Waals surface area contributed by atoms with Crippen LogP contribution in [0.25, 0.3) is 0 Å². The Balaban J connectivity index is 2.33. The van der Waals surface area contributed by atoms with E-state index in [0.29, 0.717) is 0 Å². The summed E-state index contributed by atoms with van der Waals surface area (Å²) in [5.74, 6) is -1.31. The number of aliphatic carboxylic acids is 1. The Labute approximate surface area is 64.8 Å². The van der Waals surface area contributed by atoms with E-state index < -0.39 is 5.97 Å². The number of carboxylic acid groups (broad SMARTS) is 1. The summed E-state index contributed by atoms with van der Waals surface area (Å²) < 4.78 is 0. The zero-order chi connectivity index (χ0) is 8.43. The van der Waals surface area contributed by atoms with E-state index in [4.69, 9.17) is 5.11 Å². The van der Waals surface area contributed by atoms with E-state index in [2.05, 4.69) is 0 Å². The zero-order valence-electron chi connectivity index (χ0n) is 6.41. The first-order valence-corrected chi connectivity index (χ1v) is 3.62. The molecule has 0 aliphatic carbocycles. The van der Waals surface area contributed by atoms with Gasteiger partial charge in [0.15, 0.2) is 0 Å². The normalized spacial score (nSPS) is 17.7. The number of carbonyl (C=O) groups is 2. The van der Waals surface area contributed by atoms with Crippen LogP contribution in [0.4, 0.5) is 0 Å². The molecule has 0 aromatic rings. The molecular weight excluding hydrogens is 146 g/mol. The number of hydrogen-bond donors (Lipinski definition) is 1. The molecule has 4 heteroatoms. The van der Waals surface area contributed by atoms with E-state index in [1.165, 1.54) is 0 Å². The molecule has 0 radical (unpaired) electrons. The lowest BCUT2D eigenvalue weighted by atomic mass is 10.1. The van der Waals surface area contributed by atoms with Gasteiger partial charge in [-0.25, -0.2) is 0 Å².